The van der Waals surface area contributed by atoms with Gasteiger partial charge in [-0.05, 0) is 24.8 Å². The fraction of sp³-hybridized carbons (Fsp3) is 0.500. The van der Waals surface area contributed by atoms with Crippen molar-refractivity contribution in [3.8, 4) is 11.3 Å². The highest BCUT2D eigenvalue weighted by Gasteiger charge is 2.17. The largest absolute Gasteiger partial charge is 0.376 e. The van der Waals surface area contributed by atoms with Gasteiger partial charge in [0, 0.05) is 34.3 Å². The summed E-state index contributed by atoms with van der Waals surface area (Å²) in [6.07, 6.45) is 5.36. The molecule has 0 aliphatic carbocycles. The smallest absolute Gasteiger partial charge is 0.243 e. The van der Waals surface area contributed by atoms with Crippen molar-refractivity contribution in [3.63, 3.8) is 0 Å². The van der Waals surface area contributed by atoms with Gasteiger partial charge in [0.05, 0.1) is 24.5 Å². The molecule has 2 heterocycles. The number of amides is 1. The zero-order chi connectivity index (χ0) is 21.3. The van der Waals surface area contributed by atoms with Crippen LogP contribution in [0.4, 0.5) is 0 Å². The molecular weight excluding hydrogens is 507 g/mol. The Labute approximate surface area is 201 Å². The van der Waals surface area contributed by atoms with Crippen LogP contribution in [0.2, 0.25) is 0 Å². The Hall–Kier alpha value is -2.14. The number of aromatic amines is 1. The molecule has 170 valence electrons. The molecule has 2 N–H and O–H groups in total. The lowest BCUT2D eigenvalue weighted by Gasteiger charge is -2.26. The normalized spacial score (nSPS) is 16.4. The van der Waals surface area contributed by atoms with E-state index in [1.165, 1.54) is 6.42 Å². The van der Waals surface area contributed by atoms with E-state index in [-0.39, 0.29) is 42.5 Å². The number of nitrogens with zero attached hydrogens (tertiary/aromatic N) is 4. The third-order valence-electron chi connectivity index (χ3n) is 5.09. The third-order valence-corrected chi connectivity index (χ3v) is 5.09. The van der Waals surface area contributed by atoms with E-state index in [0.717, 1.165) is 36.5 Å². The summed E-state index contributed by atoms with van der Waals surface area (Å²) >= 11 is 0. The summed E-state index contributed by atoms with van der Waals surface area (Å²) in [7, 11) is 5.41. The van der Waals surface area contributed by atoms with E-state index < -0.39 is 0 Å². The van der Waals surface area contributed by atoms with Crippen LogP contribution in [0.1, 0.15) is 25.1 Å². The maximum atomic E-state index is 12.0. The second kappa shape index (κ2) is 12.7. The van der Waals surface area contributed by atoms with Crippen LogP contribution in [0.5, 0.6) is 0 Å². The van der Waals surface area contributed by atoms with Crippen LogP contribution in [0.15, 0.2) is 41.5 Å². The zero-order valence-corrected chi connectivity index (χ0v) is 20.8. The molecule has 31 heavy (non-hydrogen) atoms. The highest BCUT2D eigenvalue weighted by Crippen LogP contribution is 2.16. The summed E-state index contributed by atoms with van der Waals surface area (Å²) in [6, 6.07) is 10.1. The number of benzene rings is 1. The Morgan fingerprint density at radius 3 is 2.71 bits per heavy atom. The SMILES string of the molecule is CN(C)C(=O)CN=C(NCC1CCCCO1)N(C)Cc1ncc(-c2ccccc2)[nH]1.I. The summed E-state index contributed by atoms with van der Waals surface area (Å²) in [5.41, 5.74) is 2.07. The molecule has 0 bridgehead atoms. The number of H-pyrrole nitrogens is 1. The number of carbonyl (C=O) groups is 1. The standard InChI is InChI=1S/C22H32N6O2.HI/c1-27(2)21(29)15-25-22(24-13-18-11-7-8-12-30-18)28(3)16-20-23-14-19(26-20)17-9-5-4-6-10-17;/h4-6,9-10,14,18H,7-8,11-13,15-16H2,1-3H3,(H,23,26)(H,24,25);1H. The monoisotopic (exact) mass is 540 g/mol. The van der Waals surface area contributed by atoms with Crippen molar-refractivity contribution in [2.75, 3.05) is 40.8 Å². The van der Waals surface area contributed by atoms with Crippen molar-refractivity contribution >= 4 is 35.8 Å². The third kappa shape index (κ3) is 7.80. The van der Waals surface area contributed by atoms with Crippen molar-refractivity contribution < 1.29 is 9.53 Å². The first-order chi connectivity index (χ1) is 14.5. The van der Waals surface area contributed by atoms with Gasteiger partial charge in [-0.2, -0.15) is 0 Å². The van der Waals surface area contributed by atoms with Gasteiger partial charge in [-0.25, -0.2) is 9.98 Å². The van der Waals surface area contributed by atoms with Crippen LogP contribution in [0, 0.1) is 0 Å². The Morgan fingerprint density at radius 1 is 1.26 bits per heavy atom. The molecule has 2 aromatic rings. The van der Waals surface area contributed by atoms with Gasteiger partial charge in [0.1, 0.15) is 12.4 Å². The van der Waals surface area contributed by atoms with E-state index >= 15 is 0 Å². The van der Waals surface area contributed by atoms with Crippen LogP contribution in [0.25, 0.3) is 11.3 Å². The molecule has 0 saturated carbocycles. The molecule has 1 unspecified atom stereocenters. The Kier molecular flexibility index (Phi) is 10.3. The molecule has 1 aromatic carbocycles. The summed E-state index contributed by atoms with van der Waals surface area (Å²) in [4.78, 5) is 28.0. The van der Waals surface area contributed by atoms with Crippen molar-refractivity contribution in [2.45, 2.75) is 31.9 Å². The number of guanidine groups is 1. The minimum Gasteiger partial charge on any atom is -0.376 e. The van der Waals surface area contributed by atoms with Crippen LogP contribution < -0.4 is 5.32 Å². The summed E-state index contributed by atoms with van der Waals surface area (Å²) in [5, 5.41) is 3.38. The van der Waals surface area contributed by atoms with E-state index in [1.807, 2.05) is 48.5 Å². The molecule has 0 spiro atoms. The fourth-order valence-electron chi connectivity index (χ4n) is 3.28. The zero-order valence-electron chi connectivity index (χ0n) is 18.5. The molecule has 1 aliphatic rings. The number of hydrogen-bond donors (Lipinski definition) is 2. The molecule has 9 heteroatoms. The fourth-order valence-corrected chi connectivity index (χ4v) is 3.28. The van der Waals surface area contributed by atoms with Crippen LogP contribution in [-0.2, 0) is 16.1 Å². The number of aliphatic imine (C=N–C) groups is 1. The quantitative estimate of drug-likeness (QED) is 0.321. The maximum Gasteiger partial charge on any atom is 0.243 e. The predicted octanol–water partition coefficient (Wildman–Crippen LogP) is 2.73. The first kappa shape index (κ1) is 25.1. The minimum atomic E-state index is -0.0408. The van der Waals surface area contributed by atoms with Crippen LogP contribution in [-0.4, -0.2) is 78.6 Å². The van der Waals surface area contributed by atoms with E-state index in [1.54, 1.807) is 19.0 Å². The highest BCUT2D eigenvalue weighted by molar-refractivity contribution is 14.0. The predicted molar refractivity (Wildman–Crippen MR) is 133 cm³/mol. The van der Waals surface area contributed by atoms with Crippen molar-refractivity contribution in [1.29, 1.82) is 0 Å². The molecule has 8 nitrogen and oxygen atoms in total. The second-order valence-electron chi connectivity index (χ2n) is 7.76. The number of ether oxygens (including phenoxy) is 1. The van der Waals surface area contributed by atoms with Gasteiger partial charge in [0.15, 0.2) is 5.96 Å². The molecule has 1 amide bonds. The maximum absolute atomic E-state index is 12.0. The lowest BCUT2D eigenvalue weighted by Crippen LogP contribution is -2.44. The molecule has 1 aromatic heterocycles. The van der Waals surface area contributed by atoms with Gasteiger partial charge in [-0.3, -0.25) is 4.79 Å². The summed E-state index contributed by atoms with van der Waals surface area (Å²) in [5.74, 6) is 1.46. The molecule has 0 radical (unpaired) electrons. The summed E-state index contributed by atoms with van der Waals surface area (Å²) in [6.45, 7) is 2.12. The van der Waals surface area contributed by atoms with Gasteiger partial charge >= 0.3 is 0 Å². The number of carbonyl (C=O) groups excluding carboxylic acids is 1. The number of hydrogen-bond acceptors (Lipinski definition) is 4. The lowest BCUT2D eigenvalue weighted by atomic mass is 10.1. The van der Waals surface area contributed by atoms with Crippen molar-refractivity contribution in [2.24, 2.45) is 4.99 Å². The molecule has 1 aliphatic heterocycles. The van der Waals surface area contributed by atoms with E-state index in [4.69, 9.17) is 4.74 Å². The molecule has 1 saturated heterocycles. The minimum absolute atomic E-state index is 0. The average Bonchev–Trinajstić information content (AvgIpc) is 3.23. The molecule has 1 atom stereocenters. The van der Waals surface area contributed by atoms with Gasteiger partial charge in [0.25, 0.3) is 0 Å². The number of rotatable bonds is 7. The molecular formula is C22H33IN6O2. The van der Waals surface area contributed by atoms with Crippen molar-refractivity contribution in [3.05, 3.63) is 42.4 Å². The van der Waals surface area contributed by atoms with E-state index in [0.29, 0.717) is 19.0 Å². The highest BCUT2D eigenvalue weighted by atomic mass is 127. The van der Waals surface area contributed by atoms with Crippen LogP contribution >= 0.6 is 24.0 Å². The van der Waals surface area contributed by atoms with Gasteiger partial charge in [-0.15, -0.1) is 24.0 Å². The number of nitrogens with one attached hydrogen (secondary N) is 2. The lowest BCUT2D eigenvalue weighted by molar-refractivity contribution is -0.127. The Bertz CT molecular complexity index is 834. The van der Waals surface area contributed by atoms with Gasteiger partial charge < -0.3 is 24.8 Å². The molecule has 1 fully saturated rings. The average molecular weight is 540 g/mol. The van der Waals surface area contributed by atoms with Crippen LogP contribution in [0.3, 0.4) is 0 Å². The topological polar surface area (TPSA) is 85.8 Å². The number of halogens is 1. The van der Waals surface area contributed by atoms with Crippen molar-refractivity contribution in [1.82, 2.24) is 25.1 Å². The first-order valence-corrected chi connectivity index (χ1v) is 10.4. The number of imidazole rings is 1. The first-order valence-electron chi connectivity index (χ1n) is 10.4. The molecule has 3 rings (SSSR count). The number of likely N-dealkylation sites (N-methyl/N-ethyl adjacent to an activating group) is 1. The second-order valence-corrected chi connectivity index (χ2v) is 7.76. The van der Waals surface area contributed by atoms with Gasteiger partial charge in [-0.1, -0.05) is 30.3 Å². The summed E-state index contributed by atoms with van der Waals surface area (Å²) < 4.78 is 5.81. The number of aromatic nitrogens is 2. The Morgan fingerprint density at radius 2 is 2.03 bits per heavy atom. The van der Waals surface area contributed by atoms with E-state index in [9.17, 15) is 4.79 Å². The van der Waals surface area contributed by atoms with E-state index in [2.05, 4.69) is 20.3 Å². The Balaban J connectivity index is 0.00000341. The van der Waals surface area contributed by atoms with Gasteiger partial charge in [0.2, 0.25) is 5.91 Å².